The zero-order valence-electron chi connectivity index (χ0n) is 9.62. The third-order valence-electron chi connectivity index (χ3n) is 2.93. The average molecular weight is 289 g/mol. The zero-order chi connectivity index (χ0) is 12.8. The predicted molar refractivity (Wildman–Crippen MR) is 76.0 cm³/mol. The van der Waals surface area contributed by atoms with Gasteiger partial charge in [0.2, 0.25) is 5.95 Å². The number of aromatic nitrogens is 4. The largest absolute Gasteiger partial charge is 0.327 e. The van der Waals surface area contributed by atoms with Gasteiger partial charge in [-0.3, -0.25) is 0 Å². The van der Waals surface area contributed by atoms with Crippen LogP contribution in [0.2, 0.25) is 0 Å². The van der Waals surface area contributed by atoms with Crippen molar-refractivity contribution in [2.24, 2.45) is 0 Å². The maximum atomic E-state index is 12.9. The molecule has 0 saturated carbocycles. The Morgan fingerprint density at radius 2 is 2.05 bits per heavy atom. The molecule has 1 aromatic carbocycles. The van der Waals surface area contributed by atoms with Gasteiger partial charge in [0.05, 0.1) is 0 Å². The number of anilines is 1. The molecule has 102 valence electrons. The number of halogens is 1. The van der Waals surface area contributed by atoms with Crippen molar-refractivity contribution in [3.05, 3.63) is 46.7 Å². The van der Waals surface area contributed by atoms with Gasteiger partial charge in [0.1, 0.15) is 10.8 Å². The normalized spacial score (nSPS) is 15.8. The van der Waals surface area contributed by atoms with Crippen LogP contribution < -0.4 is 5.32 Å². The van der Waals surface area contributed by atoms with Crippen molar-refractivity contribution < 1.29 is 4.39 Å². The number of thiazole rings is 1. The first-order chi connectivity index (χ1) is 9.31. The average Bonchev–Trinajstić information content (AvgIpc) is 3.01. The highest BCUT2D eigenvalue weighted by Gasteiger charge is 2.32. The van der Waals surface area contributed by atoms with E-state index in [-0.39, 0.29) is 19.4 Å². The van der Waals surface area contributed by atoms with Gasteiger partial charge < -0.3 is 5.32 Å². The van der Waals surface area contributed by atoms with Crippen molar-refractivity contribution in [2.75, 3.05) is 5.32 Å². The number of hydrogen-bond acceptors (Lipinski definition) is 5. The van der Waals surface area contributed by atoms with Crippen molar-refractivity contribution >= 4 is 17.3 Å². The molecule has 0 spiro atoms. The monoisotopic (exact) mass is 289 g/mol. The smallest absolute Gasteiger partial charge is 0.226 e. The number of fused-ring (bicyclic) bond motifs is 1. The molecule has 0 bridgehead atoms. The fourth-order valence-corrected chi connectivity index (χ4v) is 2.65. The Labute approximate surface area is 119 Å². The summed E-state index contributed by atoms with van der Waals surface area (Å²) in [6.07, 6.45) is 1.72. The standard InChI is InChI=1S/C12H8FN5S.CH4/c13-8-3-1-7(2-4-8)9-15-12-16-10(18(12)17-9)11-14-5-6-19-11;/h1-6,10H,(H,15,16,17);1H4. The Morgan fingerprint density at radius 1 is 1.25 bits per heavy atom. The number of nitrogens with zero attached hydrogens (tertiary/aromatic N) is 4. The summed E-state index contributed by atoms with van der Waals surface area (Å²) in [5.41, 5.74) is 0.794. The van der Waals surface area contributed by atoms with E-state index in [1.54, 1.807) is 34.3 Å². The van der Waals surface area contributed by atoms with Crippen LogP contribution in [0.1, 0.15) is 18.6 Å². The Bertz CT molecular complexity index is 720. The molecular weight excluding hydrogens is 277 g/mol. The van der Waals surface area contributed by atoms with E-state index in [4.69, 9.17) is 0 Å². The first kappa shape index (κ1) is 12.7. The van der Waals surface area contributed by atoms with Crippen molar-refractivity contribution in [1.82, 2.24) is 19.7 Å². The molecule has 0 saturated heterocycles. The van der Waals surface area contributed by atoms with Crippen LogP contribution in [0, 0.1) is 5.82 Å². The van der Waals surface area contributed by atoms with Crippen LogP contribution in [-0.4, -0.2) is 19.7 Å². The number of nitrogens with one attached hydrogen (secondary N) is 1. The first-order valence-electron chi connectivity index (χ1n) is 5.70. The van der Waals surface area contributed by atoms with Gasteiger partial charge in [0.15, 0.2) is 12.0 Å². The molecule has 1 aliphatic heterocycles. The highest BCUT2D eigenvalue weighted by atomic mass is 32.1. The van der Waals surface area contributed by atoms with Crippen molar-refractivity contribution in [1.29, 1.82) is 0 Å². The lowest BCUT2D eigenvalue weighted by Crippen LogP contribution is -2.32. The van der Waals surface area contributed by atoms with E-state index in [0.717, 1.165) is 10.6 Å². The Morgan fingerprint density at radius 3 is 2.75 bits per heavy atom. The van der Waals surface area contributed by atoms with Crippen LogP contribution in [0.3, 0.4) is 0 Å². The Balaban J connectivity index is 0.00000121. The van der Waals surface area contributed by atoms with Gasteiger partial charge in [-0.05, 0) is 24.3 Å². The lowest BCUT2D eigenvalue weighted by Gasteiger charge is -2.26. The molecule has 7 heteroatoms. The molecular formula is C13H12FN5S. The van der Waals surface area contributed by atoms with Crippen molar-refractivity contribution in [2.45, 2.75) is 13.6 Å². The summed E-state index contributed by atoms with van der Waals surface area (Å²) in [5.74, 6) is 1.03. The third-order valence-corrected chi connectivity index (χ3v) is 3.76. The molecule has 0 radical (unpaired) electrons. The van der Waals surface area contributed by atoms with Crippen LogP contribution in [0.5, 0.6) is 0 Å². The fraction of sp³-hybridized carbons (Fsp3) is 0.154. The third kappa shape index (κ3) is 1.87. The van der Waals surface area contributed by atoms with Crippen LogP contribution in [0.25, 0.3) is 11.4 Å². The van der Waals surface area contributed by atoms with Crippen molar-refractivity contribution in [3.63, 3.8) is 0 Å². The summed E-state index contributed by atoms with van der Waals surface area (Å²) in [6, 6.07) is 6.14. The SMILES string of the molecule is C.Fc1ccc(-c2nc3n(n2)C(c2nccs2)N3)cc1. The molecule has 1 N–H and O–H groups in total. The van der Waals surface area contributed by atoms with Gasteiger partial charge >= 0.3 is 0 Å². The number of hydrogen-bond donors (Lipinski definition) is 1. The van der Waals surface area contributed by atoms with E-state index in [0.29, 0.717) is 11.8 Å². The van der Waals surface area contributed by atoms with E-state index >= 15 is 0 Å². The van der Waals surface area contributed by atoms with Crippen LogP contribution in [0.15, 0.2) is 35.8 Å². The molecule has 1 unspecified atom stereocenters. The summed E-state index contributed by atoms with van der Waals surface area (Å²) < 4.78 is 14.7. The Kier molecular flexibility index (Phi) is 2.98. The maximum absolute atomic E-state index is 12.9. The summed E-state index contributed by atoms with van der Waals surface area (Å²) in [6.45, 7) is 0. The lowest BCUT2D eigenvalue weighted by molar-refractivity contribution is 0.508. The van der Waals surface area contributed by atoms with Gasteiger partial charge in [-0.15, -0.1) is 16.4 Å². The molecule has 0 fully saturated rings. The molecule has 2 aromatic heterocycles. The lowest BCUT2D eigenvalue weighted by atomic mass is 10.2. The molecule has 3 aromatic rings. The van der Waals surface area contributed by atoms with Crippen LogP contribution in [-0.2, 0) is 0 Å². The molecule has 1 aliphatic rings. The molecule has 0 amide bonds. The van der Waals surface area contributed by atoms with E-state index in [1.807, 2.05) is 5.38 Å². The van der Waals surface area contributed by atoms with Crippen LogP contribution >= 0.6 is 11.3 Å². The van der Waals surface area contributed by atoms with Gasteiger partial charge in [-0.25, -0.2) is 14.1 Å². The minimum Gasteiger partial charge on any atom is -0.327 e. The van der Waals surface area contributed by atoms with E-state index in [9.17, 15) is 4.39 Å². The molecule has 1 atom stereocenters. The Hall–Kier alpha value is -2.28. The summed E-state index contributed by atoms with van der Waals surface area (Å²) in [7, 11) is 0. The van der Waals surface area contributed by atoms with Crippen LogP contribution in [0.4, 0.5) is 10.3 Å². The number of benzene rings is 1. The minimum atomic E-state index is -0.267. The second-order valence-corrected chi connectivity index (χ2v) is 5.05. The highest BCUT2D eigenvalue weighted by Crippen LogP contribution is 2.33. The number of rotatable bonds is 2. The fourth-order valence-electron chi connectivity index (χ4n) is 1.98. The molecule has 4 rings (SSSR count). The van der Waals surface area contributed by atoms with Crippen molar-refractivity contribution in [3.8, 4) is 11.4 Å². The molecule has 5 nitrogen and oxygen atoms in total. The first-order valence-corrected chi connectivity index (χ1v) is 6.57. The summed E-state index contributed by atoms with van der Waals surface area (Å²) in [4.78, 5) is 8.60. The van der Waals surface area contributed by atoms with Gasteiger partial charge in [0.25, 0.3) is 0 Å². The van der Waals surface area contributed by atoms with Gasteiger partial charge in [0, 0.05) is 17.1 Å². The minimum absolute atomic E-state index is 0. The molecule has 20 heavy (non-hydrogen) atoms. The second-order valence-electron chi connectivity index (χ2n) is 4.13. The van der Waals surface area contributed by atoms with E-state index in [2.05, 4.69) is 20.4 Å². The summed E-state index contributed by atoms with van der Waals surface area (Å²) in [5, 5.41) is 10.5. The topological polar surface area (TPSA) is 55.6 Å². The van der Waals surface area contributed by atoms with Gasteiger partial charge in [-0.1, -0.05) is 7.43 Å². The maximum Gasteiger partial charge on any atom is 0.226 e. The van der Waals surface area contributed by atoms with E-state index in [1.165, 1.54) is 12.1 Å². The molecule has 0 aliphatic carbocycles. The molecule has 3 heterocycles. The highest BCUT2D eigenvalue weighted by molar-refractivity contribution is 7.09. The second kappa shape index (κ2) is 4.68. The van der Waals surface area contributed by atoms with E-state index < -0.39 is 0 Å². The quantitative estimate of drug-likeness (QED) is 0.787. The predicted octanol–water partition coefficient (Wildman–Crippen LogP) is 3.15. The zero-order valence-corrected chi connectivity index (χ0v) is 10.4. The van der Waals surface area contributed by atoms with Gasteiger partial charge in [-0.2, -0.15) is 4.98 Å². The summed E-state index contributed by atoms with van der Waals surface area (Å²) >= 11 is 1.57.